The summed E-state index contributed by atoms with van der Waals surface area (Å²) in [5.41, 5.74) is 0. The van der Waals surface area contributed by atoms with Gasteiger partial charge in [-0.1, -0.05) is 0 Å². The van der Waals surface area contributed by atoms with Gasteiger partial charge in [-0.05, 0) is 0 Å². The Bertz CT molecular complexity index is 38.1. The predicted octanol–water partition coefficient (Wildman–Crippen LogP) is -1.80. The Kier molecular flexibility index (Phi) is 502. The van der Waals surface area contributed by atoms with Crippen LogP contribution in [-0.4, -0.2) is 26.3 Å². The minimum Gasteiger partial charge on any atom is 0 e. The molecule has 76 valence electrons. The summed E-state index contributed by atoms with van der Waals surface area (Å²) in [5.74, 6) is 2.12. The summed E-state index contributed by atoms with van der Waals surface area (Å²) in [6.45, 7) is 0. The van der Waals surface area contributed by atoms with Crippen molar-refractivity contribution in [2.45, 2.75) is 5.89 Å². The predicted molar refractivity (Wildman–Crippen MR) is 25.7 cm³/mol. The molecule has 0 aromatic rings. The minimum atomic E-state index is 0. The molecule has 2 radical (unpaired) electrons. The Labute approximate surface area is 174 Å². The van der Waals surface area contributed by atoms with Gasteiger partial charge in [0, 0.05) is 132 Å². The maximum atomic E-state index is 2.12. The van der Waals surface area contributed by atoms with Crippen LogP contribution in [0.15, 0.2) is 0 Å². The SMILES string of the molecule is [AlH3].[CH3][Ni][SiH3].[Co].[Cr].[Fe].[Mn].[Mo].[Ti].[W]. The molecule has 0 aromatic heterocycles. The van der Waals surface area contributed by atoms with E-state index in [1.807, 2.05) is 0 Å². The molecule has 0 saturated heterocycles. The third-order valence-electron chi connectivity index (χ3n) is 0. The summed E-state index contributed by atoms with van der Waals surface area (Å²) >= 11 is 1.76. The standard InChI is InChI=1S/CH3.Al.Co.Cr.Fe.Mn.Mo.Ni.H3Si.Ti.W.3H/h1H3;;;;;;;;1H3;;;;;. The first-order valence-corrected chi connectivity index (χ1v) is 5.22. The van der Waals surface area contributed by atoms with Gasteiger partial charge in [-0.3, -0.25) is 0 Å². The van der Waals surface area contributed by atoms with Crippen molar-refractivity contribution in [1.29, 1.82) is 0 Å². The number of hydrogen-bond acceptors (Lipinski definition) is 0. The zero-order chi connectivity index (χ0) is 2.71. The monoisotopic (exact) mass is 686 g/mol. The third kappa shape index (κ3) is 94.7. The topological polar surface area (TPSA) is 0 Å². The number of rotatable bonds is 0. The Morgan fingerprint density at radius 2 is 1.27 bits per heavy atom. The molecule has 0 atom stereocenters. The largest absolute Gasteiger partial charge is 0 e. The summed E-state index contributed by atoms with van der Waals surface area (Å²) in [5, 5.41) is 0. The van der Waals surface area contributed by atoms with Gasteiger partial charge < -0.3 is 0 Å². The summed E-state index contributed by atoms with van der Waals surface area (Å²) < 4.78 is 0. The summed E-state index contributed by atoms with van der Waals surface area (Å²) in [7, 11) is 1.31. The van der Waals surface area contributed by atoms with E-state index in [1.54, 1.807) is 13.8 Å². The molecule has 0 fully saturated rings. The van der Waals surface area contributed by atoms with Crippen LogP contribution in [0, 0.1) is 0 Å². The van der Waals surface area contributed by atoms with E-state index in [9.17, 15) is 0 Å². The summed E-state index contributed by atoms with van der Waals surface area (Å²) in [6, 6.07) is 0. The van der Waals surface area contributed by atoms with Gasteiger partial charge in [0.15, 0.2) is 17.4 Å². The molecule has 0 unspecified atom stereocenters. The minimum absolute atomic E-state index is 0. The Morgan fingerprint density at radius 1 is 1.27 bits per heavy atom. The van der Waals surface area contributed by atoms with E-state index in [2.05, 4.69) is 5.89 Å². The maximum Gasteiger partial charge on any atom is 0 e. The van der Waals surface area contributed by atoms with Crippen molar-refractivity contribution < 1.29 is 146 Å². The van der Waals surface area contributed by atoms with E-state index < -0.39 is 0 Å². The molecule has 0 rings (SSSR count). The van der Waals surface area contributed by atoms with Crippen LogP contribution in [-0.2, 0) is 146 Å². The van der Waals surface area contributed by atoms with Crippen LogP contribution in [0.3, 0.4) is 0 Å². The van der Waals surface area contributed by atoms with Crippen LogP contribution >= 0.6 is 0 Å². The van der Waals surface area contributed by atoms with E-state index in [0.29, 0.717) is 0 Å². The molecule has 0 nitrogen and oxygen atoms in total. The second-order valence-corrected chi connectivity index (χ2v) is 3.91. The van der Waals surface area contributed by atoms with Crippen molar-refractivity contribution in [3.8, 4) is 0 Å². The molecule has 0 amide bonds. The van der Waals surface area contributed by atoms with Gasteiger partial charge >= 0.3 is 28.6 Å². The summed E-state index contributed by atoms with van der Waals surface area (Å²) in [4.78, 5) is 0. The van der Waals surface area contributed by atoms with Crippen LogP contribution in [0.4, 0.5) is 0 Å². The molecule has 0 aromatic carbocycles. The first kappa shape index (κ1) is 71.0. The van der Waals surface area contributed by atoms with Crippen molar-refractivity contribution in [2.75, 3.05) is 0 Å². The van der Waals surface area contributed by atoms with Gasteiger partial charge in [0.25, 0.3) is 0 Å². The molecule has 0 spiro atoms. The molecule has 10 heteroatoms. The van der Waals surface area contributed by atoms with Gasteiger partial charge in [-0.2, -0.15) is 0 Å². The van der Waals surface area contributed by atoms with Gasteiger partial charge in [-0.25, -0.2) is 0 Å². The molecule has 0 bridgehead atoms. The van der Waals surface area contributed by atoms with E-state index in [-0.39, 0.29) is 149 Å². The fourth-order valence-corrected chi connectivity index (χ4v) is 0. The van der Waals surface area contributed by atoms with Crippen LogP contribution in [0.2, 0.25) is 5.89 Å². The van der Waals surface area contributed by atoms with Crippen LogP contribution in [0.5, 0.6) is 0 Å². The Morgan fingerprint density at radius 3 is 1.27 bits per heavy atom. The van der Waals surface area contributed by atoms with Crippen molar-refractivity contribution in [3.63, 3.8) is 0 Å². The second-order valence-electron chi connectivity index (χ2n) is 0.316. The average molecular weight is 684 g/mol. The van der Waals surface area contributed by atoms with Crippen molar-refractivity contribution in [1.82, 2.24) is 0 Å². The molecular formula is CH9AlCoCrFeMnMoNiSiTiW. The summed E-state index contributed by atoms with van der Waals surface area (Å²) in [6.07, 6.45) is 0. The fraction of sp³-hybridized carbons (Fsp3) is 1.00. The van der Waals surface area contributed by atoms with Gasteiger partial charge in [-0.15, -0.1) is 0 Å². The normalized spacial score (nSPS) is 2.27. The number of hydrogen-bond donors (Lipinski definition) is 0. The first-order chi connectivity index (χ1) is 1.41. The molecule has 0 aliphatic rings. The van der Waals surface area contributed by atoms with Gasteiger partial charge in [0.05, 0.1) is 0 Å². The van der Waals surface area contributed by atoms with Crippen molar-refractivity contribution in [2.24, 2.45) is 0 Å². The molecule has 0 N–H and O–H groups in total. The average Bonchev–Trinajstić information content (AvgIpc) is 0.918. The Hall–Kier alpha value is 5.41. The van der Waals surface area contributed by atoms with Crippen LogP contribution in [0.25, 0.3) is 0 Å². The Balaban J connectivity index is -0.000000000714. The molecular weight excluding hydrogens is 675 g/mol. The molecule has 11 heavy (non-hydrogen) atoms. The maximum absolute atomic E-state index is 2.12. The van der Waals surface area contributed by atoms with Crippen molar-refractivity contribution in [3.05, 3.63) is 0 Å². The van der Waals surface area contributed by atoms with Gasteiger partial charge in [0.2, 0.25) is 0 Å². The quantitative estimate of drug-likeness (QED) is 0.265. The van der Waals surface area contributed by atoms with E-state index >= 15 is 0 Å². The van der Waals surface area contributed by atoms with Crippen molar-refractivity contribution >= 4 is 26.3 Å². The van der Waals surface area contributed by atoms with E-state index in [4.69, 9.17) is 0 Å². The van der Waals surface area contributed by atoms with E-state index in [0.717, 1.165) is 0 Å². The van der Waals surface area contributed by atoms with Gasteiger partial charge in [0.1, 0.15) is 0 Å². The van der Waals surface area contributed by atoms with E-state index in [1.165, 1.54) is 8.94 Å². The molecule has 0 aliphatic carbocycles. The molecule has 0 saturated carbocycles. The molecule has 0 aliphatic heterocycles. The zero-order valence-corrected chi connectivity index (χ0v) is 19.2. The van der Waals surface area contributed by atoms with Crippen LogP contribution < -0.4 is 0 Å². The smallest absolute Gasteiger partial charge is 0 e. The molecule has 0 heterocycles. The van der Waals surface area contributed by atoms with Crippen LogP contribution in [0.1, 0.15) is 0 Å². The third-order valence-corrected chi connectivity index (χ3v) is 0. The fourth-order valence-electron chi connectivity index (χ4n) is 0. The first-order valence-electron chi connectivity index (χ1n) is 0.632. The zero-order valence-electron chi connectivity index (χ0n) is 5.11. The second kappa shape index (κ2) is 77.9.